The highest BCUT2D eigenvalue weighted by molar-refractivity contribution is 7.98. The monoisotopic (exact) mass is 293 g/mol. The van der Waals surface area contributed by atoms with Crippen molar-refractivity contribution in [2.45, 2.75) is 10.6 Å². The second-order valence-electron chi connectivity index (χ2n) is 3.68. The van der Waals surface area contributed by atoms with E-state index >= 15 is 0 Å². The Morgan fingerprint density at radius 2 is 1.94 bits per heavy atom. The van der Waals surface area contributed by atoms with Crippen LogP contribution in [-0.2, 0) is 5.75 Å². The molecule has 18 heavy (non-hydrogen) atoms. The van der Waals surface area contributed by atoms with Crippen molar-refractivity contribution >= 4 is 35.0 Å². The molecule has 0 saturated carbocycles. The van der Waals surface area contributed by atoms with Crippen molar-refractivity contribution in [3.8, 4) is 6.07 Å². The summed E-state index contributed by atoms with van der Waals surface area (Å²) in [6.07, 6.45) is 0. The fourth-order valence-electron chi connectivity index (χ4n) is 1.48. The minimum absolute atomic E-state index is 0.672. The number of halogens is 2. The summed E-state index contributed by atoms with van der Waals surface area (Å²) >= 11 is 13.6. The molecule has 0 aromatic heterocycles. The first-order valence-electron chi connectivity index (χ1n) is 5.26. The number of thioether (sulfide) groups is 1. The molecule has 0 amide bonds. The molecule has 0 aliphatic rings. The van der Waals surface area contributed by atoms with E-state index in [2.05, 4.69) is 6.07 Å². The van der Waals surface area contributed by atoms with Gasteiger partial charge < -0.3 is 0 Å². The molecule has 0 fully saturated rings. The molecule has 0 unspecified atom stereocenters. The predicted octanol–water partition coefficient (Wildman–Crippen LogP) is 5.16. The third kappa shape index (κ3) is 3.43. The molecule has 0 bridgehead atoms. The van der Waals surface area contributed by atoms with Crippen molar-refractivity contribution in [2.24, 2.45) is 0 Å². The Morgan fingerprint density at radius 3 is 2.72 bits per heavy atom. The second-order valence-corrected chi connectivity index (χ2v) is 5.54. The minimum atomic E-state index is 0.672. The Balaban J connectivity index is 2.11. The Labute approximate surface area is 120 Å². The predicted molar refractivity (Wildman–Crippen MR) is 77.2 cm³/mol. The average Bonchev–Trinajstić information content (AvgIpc) is 2.40. The number of rotatable bonds is 3. The lowest BCUT2D eigenvalue weighted by Crippen LogP contribution is -1.83. The van der Waals surface area contributed by atoms with Crippen molar-refractivity contribution < 1.29 is 0 Å². The molecule has 0 aliphatic heterocycles. The molecule has 2 aromatic rings. The summed E-state index contributed by atoms with van der Waals surface area (Å²) in [6, 6.07) is 15.1. The first-order chi connectivity index (χ1) is 8.69. The third-order valence-electron chi connectivity index (χ3n) is 2.34. The van der Waals surface area contributed by atoms with E-state index in [-0.39, 0.29) is 0 Å². The topological polar surface area (TPSA) is 23.8 Å². The van der Waals surface area contributed by atoms with E-state index in [0.717, 1.165) is 16.2 Å². The van der Waals surface area contributed by atoms with Gasteiger partial charge in [0.2, 0.25) is 0 Å². The normalized spacial score (nSPS) is 10.1. The molecule has 2 aromatic carbocycles. The van der Waals surface area contributed by atoms with Gasteiger partial charge >= 0.3 is 0 Å². The molecule has 0 atom stereocenters. The highest BCUT2D eigenvalue weighted by Gasteiger charge is 2.03. The molecule has 0 heterocycles. The van der Waals surface area contributed by atoms with Gasteiger partial charge in [-0.15, -0.1) is 11.8 Å². The van der Waals surface area contributed by atoms with Crippen LogP contribution in [0.3, 0.4) is 0 Å². The van der Waals surface area contributed by atoms with E-state index in [4.69, 9.17) is 28.5 Å². The first kappa shape index (κ1) is 13.3. The number of nitriles is 1. The maximum absolute atomic E-state index is 8.83. The van der Waals surface area contributed by atoms with E-state index in [9.17, 15) is 0 Å². The van der Waals surface area contributed by atoms with Gasteiger partial charge in [0.05, 0.1) is 16.7 Å². The SMILES string of the molecule is N#Cc1cccc(CSc2cc(Cl)ccc2Cl)c1. The third-order valence-corrected chi connectivity index (χ3v) is 4.15. The summed E-state index contributed by atoms with van der Waals surface area (Å²) in [5.74, 6) is 0.760. The van der Waals surface area contributed by atoms with Crippen molar-refractivity contribution in [1.82, 2.24) is 0 Å². The molecule has 0 N–H and O–H groups in total. The Hall–Kier alpha value is -1.14. The number of benzene rings is 2. The molecule has 0 saturated heterocycles. The van der Waals surface area contributed by atoms with E-state index in [1.807, 2.05) is 24.3 Å². The van der Waals surface area contributed by atoms with Crippen LogP contribution in [-0.4, -0.2) is 0 Å². The van der Waals surface area contributed by atoms with Gasteiger partial charge in [0.25, 0.3) is 0 Å². The Morgan fingerprint density at radius 1 is 1.11 bits per heavy atom. The van der Waals surface area contributed by atoms with Gasteiger partial charge in [0, 0.05) is 15.7 Å². The Bertz CT molecular complexity index is 605. The van der Waals surface area contributed by atoms with Gasteiger partial charge in [-0.2, -0.15) is 5.26 Å². The van der Waals surface area contributed by atoms with E-state index in [1.54, 1.807) is 30.0 Å². The molecule has 90 valence electrons. The van der Waals surface area contributed by atoms with Crippen LogP contribution in [0.15, 0.2) is 47.4 Å². The zero-order chi connectivity index (χ0) is 13.0. The van der Waals surface area contributed by atoms with E-state index < -0.39 is 0 Å². The van der Waals surface area contributed by atoms with Crippen LogP contribution in [0.2, 0.25) is 10.0 Å². The summed E-state index contributed by atoms with van der Waals surface area (Å²) in [5.41, 5.74) is 1.76. The van der Waals surface area contributed by atoms with Gasteiger partial charge in [-0.1, -0.05) is 35.3 Å². The molecule has 0 aliphatic carbocycles. The smallest absolute Gasteiger partial charge is 0.0991 e. The molecular weight excluding hydrogens is 285 g/mol. The quantitative estimate of drug-likeness (QED) is 0.730. The summed E-state index contributed by atoms with van der Waals surface area (Å²) in [6.45, 7) is 0. The summed E-state index contributed by atoms with van der Waals surface area (Å²) in [4.78, 5) is 0.950. The van der Waals surface area contributed by atoms with Crippen LogP contribution in [0.5, 0.6) is 0 Å². The maximum atomic E-state index is 8.83. The van der Waals surface area contributed by atoms with Crippen LogP contribution in [0.1, 0.15) is 11.1 Å². The van der Waals surface area contributed by atoms with Crippen LogP contribution in [0.25, 0.3) is 0 Å². The summed E-state index contributed by atoms with van der Waals surface area (Å²) < 4.78 is 0. The van der Waals surface area contributed by atoms with Crippen LogP contribution in [0.4, 0.5) is 0 Å². The van der Waals surface area contributed by atoms with Crippen molar-refractivity contribution in [2.75, 3.05) is 0 Å². The van der Waals surface area contributed by atoms with Gasteiger partial charge in [0.15, 0.2) is 0 Å². The molecule has 1 nitrogen and oxygen atoms in total. The Kier molecular flexibility index (Phi) is 4.54. The lowest BCUT2D eigenvalue weighted by atomic mass is 10.2. The molecule has 2 rings (SSSR count). The second kappa shape index (κ2) is 6.15. The van der Waals surface area contributed by atoms with Gasteiger partial charge in [-0.25, -0.2) is 0 Å². The lowest BCUT2D eigenvalue weighted by molar-refractivity contribution is 1.36. The van der Waals surface area contributed by atoms with E-state index in [0.29, 0.717) is 15.6 Å². The minimum Gasteiger partial charge on any atom is -0.192 e. The van der Waals surface area contributed by atoms with Gasteiger partial charge in [0.1, 0.15) is 0 Å². The van der Waals surface area contributed by atoms with Crippen LogP contribution < -0.4 is 0 Å². The molecule has 4 heteroatoms. The largest absolute Gasteiger partial charge is 0.192 e. The zero-order valence-corrected chi connectivity index (χ0v) is 11.7. The molecule has 0 radical (unpaired) electrons. The average molecular weight is 294 g/mol. The fourth-order valence-corrected chi connectivity index (χ4v) is 2.92. The standard InChI is InChI=1S/C14H9Cl2NS/c15-12-4-5-13(16)14(7-12)18-9-11-3-1-2-10(6-11)8-17/h1-7H,9H2. The lowest BCUT2D eigenvalue weighted by Gasteiger charge is -2.05. The number of hydrogen-bond acceptors (Lipinski definition) is 2. The highest BCUT2D eigenvalue weighted by Crippen LogP contribution is 2.32. The number of hydrogen-bond donors (Lipinski definition) is 0. The van der Waals surface area contributed by atoms with Crippen LogP contribution >= 0.6 is 35.0 Å². The van der Waals surface area contributed by atoms with Crippen molar-refractivity contribution in [3.63, 3.8) is 0 Å². The molecular formula is C14H9Cl2NS. The van der Waals surface area contributed by atoms with Gasteiger partial charge in [-0.05, 0) is 35.9 Å². The summed E-state index contributed by atoms with van der Waals surface area (Å²) in [5, 5.41) is 10.2. The number of nitrogens with zero attached hydrogens (tertiary/aromatic N) is 1. The summed E-state index contributed by atoms with van der Waals surface area (Å²) in [7, 11) is 0. The maximum Gasteiger partial charge on any atom is 0.0991 e. The van der Waals surface area contributed by atoms with E-state index in [1.165, 1.54) is 0 Å². The van der Waals surface area contributed by atoms with Crippen molar-refractivity contribution in [3.05, 3.63) is 63.6 Å². The fraction of sp³-hybridized carbons (Fsp3) is 0.0714. The first-order valence-corrected chi connectivity index (χ1v) is 7.00. The van der Waals surface area contributed by atoms with Gasteiger partial charge in [-0.3, -0.25) is 0 Å². The zero-order valence-electron chi connectivity index (χ0n) is 9.36. The molecule has 0 spiro atoms. The van der Waals surface area contributed by atoms with Crippen molar-refractivity contribution in [1.29, 1.82) is 5.26 Å². The van der Waals surface area contributed by atoms with Crippen LogP contribution in [0, 0.1) is 11.3 Å². The highest BCUT2D eigenvalue weighted by atomic mass is 35.5.